The number of nitrogens with one attached hydrogen (secondary N) is 1. The third kappa shape index (κ3) is 2.84. The molecule has 0 radical (unpaired) electrons. The zero-order valence-corrected chi connectivity index (χ0v) is 19.4. The summed E-state index contributed by atoms with van der Waals surface area (Å²) >= 11 is 0. The van der Waals surface area contributed by atoms with E-state index in [4.69, 9.17) is 9.15 Å². The maximum atomic E-state index is 13.1. The number of aromatic nitrogens is 1. The number of hydrogen-bond acceptors (Lipinski definition) is 8. The molecule has 0 saturated heterocycles. The van der Waals surface area contributed by atoms with E-state index < -0.39 is 46.4 Å². The summed E-state index contributed by atoms with van der Waals surface area (Å²) in [5, 5.41) is 37.3. The predicted octanol–water partition coefficient (Wildman–Crippen LogP) is 2.02. The molecule has 2 aromatic rings. The van der Waals surface area contributed by atoms with E-state index >= 15 is 0 Å². The van der Waals surface area contributed by atoms with Gasteiger partial charge in [-0.25, -0.2) is 4.79 Å². The summed E-state index contributed by atoms with van der Waals surface area (Å²) in [6, 6.07) is 5.11. The molecule has 1 aliphatic heterocycles. The second kappa shape index (κ2) is 7.37. The molecule has 0 spiro atoms. The number of aliphatic hydroxyl groups is 3. The van der Waals surface area contributed by atoms with Gasteiger partial charge in [-0.3, -0.25) is 4.98 Å². The molecule has 0 bridgehead atoms. The Morgan fingerprint density at radius 3 is 2.67 bits per heavy atom. The smallest absolute Gasteiger partial charge is 0.345 e. The molecule has 2 fully saturated rings. The summed E-state index contributed by atoms with van der Waals surface area (Å²) in [4.78, 5) is 17.2. The highest BCUT2D eigenvalue weighted by atomic mass is 16.5. The van der Waals surface area contributed by atoms with Crippen LogP contribution in [0.4, 0.5) is 0 Å². The molecular weight excluding hydrogens is 424 g/mol. The van der Waals surface area contributed by atoms with E-state index in [1.165, 1.54) is 0 Å². The van der Waals surface area contributed by atoms with Crippen molar-refractivity contribution in [1.82, 2.24) is 10.3 Å². The van der Waals surface area contributed by atoms with Crippen LogP contribution < -0.4 is 15.7 Å². The van der Waals surface area contributed by atoms with Gasteiger partial charge in [0.05, 0.1) is 18.3 Å². The van der Waals surface area contributed by atoms with Crippen molar-refractivity contribution < 1.29 is 24.5 Å². The van der Waals surface area contributed by atoms with E-state index in [0.717, 1.165) is 0 Å². The van der Waals surface area contributed by atoms with Crippen molar-refractivity contribution in [3.05, 3.63) is 46.6 Å². The predicted molar refractivity (Wildman–Crippen MR) is 121 cm³/mol. The normalized spacial score (nSPS) is 42.0. The van der Waals surface area contributed by atoms with E-state index in [9.17, 15) is 20.1 Å². The van der Waals surface area contributed by atoms with Gasteiger partial charge in [-0.1, -0.05) is 13.8 Å². The third-order valence-electron chi connectivity index (χ3n) is 9.10. The van der Waals surface area contributed by atoms with Gasteiger partial charge < -0.3 is 29.8 Å². The molecule has 5 rings (SSSR count). The van der Waals surface area contributed by atoms with Gasteiger partial charge in [-0.2, -0.15) is 0 Å². The van der Waals surface area contributed by atoms with Crippen LogP contribution in [-0.2, 0) is 0 Å². The zero-order chi connectivity index (χ0) is 23.8. The quantitative estimate of drug-likeness (QED) is 0.541. The fourth-order valence-electron chi connectivity index (χ4n) is 7.26. The molecule has 8 atom stereocenters. The Kier molecular flexibility index (Phi) is 5.03. The first-order chi connectivity index (χ1) is 15.6. The average molecular weight is 457 g/mol. The standard InChI is InChI=1S/C25H32N2O6/c1-13-15(28)7-8-23(2)21-20(30)19-17(33-24(21,3)18(29)11-25(13,23)26-4)10-16(32-22(19)31)14-6-5-9-27-12-14/h5-6,9-10,12-13,15,18,20-21,26,28-30H,7-8,11H2,1-4H3/t13-,15-,18-,20-,21+,23+,24+,25+/m0/s1. The molecule has 4 N–H and O–H groups in total. The summed E-state index contributed by atoms with van der Waals surface area (Å²) in [7, 11) is 1.83. The van der Waals surface area contributed by atoms with Crippen LogP contribution in [0, 0.1) is 17.3 Å². The lowest BCUT2D eigenvalue weighted by Gasteiger charge is -2.69. The minimum Gasteiger partial charge on any atom is -0.484 e. The lowest BCUT2D eigenvalue weighted by molar-refractivity contribution is -0.256. The van der Waals surface area contributed by atoms with E-state index in [1.807, 2.05) is 20.9 Å². The van der Waals surface area contributed by atoms with Crippen molar-refractivity contribution in [3.8, 4) is 17.1 Å². The Morgan fingerprint density at radius 1 is 1.24 bits per heavy atom. The van der Waals surface area contributed by atoms with Gasteiger partial charge >= 0.3 is 5.63 Å². The zero-order valence-electron chi connectivity index (χ0n) is 19.4. The molecule has 8 heteroatoms. The lowest BCUT2D eigenvalue weighted by Crippen LogP contribution is -2.78. The molecule has 0 amide bonds. The van der Waals surface area contributed by atoms with Gasteiger partial charge in [0.15, 0.2) is 0 Å². The fraction of sp³-hybridized carbons (Fsp3) is 0.600. The van der Waals surface area contributed by atoms with Crippen LogP contribution in [0.3, 0.4) is 0 Å². The Bertz CT molecular complexity index is 1120. The second-order valence-electron chi connectivity index (χ2n) is 10.4. The molecule has 0 aromatic carbocycles. The monoisotopic (exact) mass is 456 g/mol. The van der Waals surface area contributed by atoms with Crippen molar-refractivity contribution >= 4 is 0 Å². The minimum atomic E-state index is -1.20. The van der Waals surface area contributed by atoms with Crippen LogP contribution in [0.1, 0.15) is 51.7 Å². The summed E-state index contributed by atoms with van der Waals surface area (Å²) in [5.74, 6) is -0.259. The summed E-state index contributed by atoms with van der Waals surface area (Å²) in [6.45, 7) is 5.86. The highest BCUT2D eigenvalue weighted by Gasteiger charge is 2.71. The van der Waals surface area contributed by atoms with Gasteiger partial charge in [0.1, 0.15) is 22.7 Å². The summed E-state index contributed by atoms with van der Waals surface area (Å²) in [6.07, 6.45) is 2.08. The number of pyridine rings is 1. The minimum absolute atomic E-state index is 0.0734. The molecule has 3 aliphatic rings. The van der Waals surface area contributed by atoms with E-state index in [2.05, 4.69) is 17.2 Å². The topological polar surface area (TPSA) is 125 Å². The van der Waals surface area contributed by atoms with E-state index in [0.29, 0.717) is 24.8 Å². The highest BCUT2D eigenvalue weighted by Crippen LogP contribution is 2.65. The van der Waals surface area contributed by atoms with E-state index in [-0.39, 0.29) is 23.0 Å². The van der Waals surface area contributed by atoms with Gasteiger partial charge in [-0.15, -0.1) is 0 Å². The SMILES string of the molecule is CN[C@@]12C[C@H](O)[C@@]3(C)Oc4cc(-c5cccnc5)oc(=O)c4[C@H](O)[C@@H]3[C@@]1(C)CC[C@H](O)[C@@H]2C. The molecule has 2 saturated carbocycles. The van der Waals surface area contributed by atoms with Gasteiger partial charge in [0, 0.05) is 41.4 Å². The Morgan fingerprint density at radius 2 is 2.00 bits per heavy atom. The van der Waals surface area contributed by atoms with Gasteiger partial charge in [0.25, 0.3) is 0 Å². The van der Waals surface area contributed by atoms with Gasteiger partial charge in [0.2, 0.25) is 0 Å². The summed E-state index contributed by atoms with van der Waals surface area (Å²) < 4.78 is 12.0. The lowest BCUT2D eigenvalue weighted by atomic mass is 9.42. The van der Waals surface area contributed by atoms with Crippen molar-refractivity contribution in [2.75, 3.05) is 7.05 Å². The molecular formula is C25H32N2O6. The maximum Gasteiger partial charge on any atom is 0.345 e. The molecule has 8 nitrogen and oxygen atoms in total. The Hall–Kier alpha value is -2.26. The first kappa shape index (κ1) is 22.5. The third-order valence-corrected chi connectivity index (χ3v) is 9.10. The maximum absolute atomic E-state index is 13.1. The van der Waals surface area contributed by atoms with Crippen LogP contribution >= 0.6 is 0 Å². The molecule has 33 heavy (non-hydrogen) atoms. The van der Waals surface area contributed by atoms with Crippen molar-refractivity contribution in [3.63, 3.8) is 0 Å². The van der Waals surface area contributed by atoms with Gasteiger partial charge in [-0.05, 0) is 50.8 Å². The first-order valence-electron chi connectivity index (χ1n) is 11.6. The number of aliphatic hydroxyl groups excluding tert-OH is 3. The largest absolute Gasteiger partial charge is 0.484 e. The van der Waals surface area contributed by atoms with Crippen LogP contribution in [0.2, 0.25) is 0 Å². The van der Waals surface area contributed by atoms with Crippen molar-refractivity contribution in [2.45, 2.75) is 69.5 Å². The van der Waals surface area contributed by atoms with Crippen LogP contribution in [0.5, 0.6) is 5.75 Å². The molecule has 0 unspecified atom stereocenters. The molecule has 2 aromatic heterocycles. The number of ether oxygens (including phenoxy) is 1. The van der Waals surface area contributed by atoms with Crippen molar-refractivity contribution in [1.29, 1.82) is 0 Å². The summed E-state index contributed by atoms with van der Waals surface area (Å²) in [5.41, 5.74) is -2.33. The van der Waals surface area contributed by atoms with Crippen LogP contribution in [0.15, 0.2) is 39.8 Å². The molecule has 178 valence electrons. The fourth-order valence-corrected chi connectivity index (χ4v) is 7.26. The van der Waals surface area contributed by atoms with Crippen molar-refractivity contribution in [2.24, 2.45) is 17.3 Å². The Labute approximate surface area is 192 Å². The molecule has 2 aliphatic carbocycles. The van der Waals surface area contributed by atoms with Crippen LogP contribution in [-0.4, -0.2) is 50.7 Å². The number of rotatable bonds is 2. The Balaban J connectivity index is 1.68. The number of hydrogen-bond donors (Lipinski definition) is 4. The number of fused-ring (bicyclic) bond motifs is 4. The second-order valence-corrected chi connectivity index (χ2v) is 10.4. The molecule has 3 heterocycles. The average Bonchev–Trinajstić information content (AvgIpc) is 2.78. The first-order valence-corrected chi connectivity index (χ1v) is 11.6. The van der Waals surface area contributed by atoms with Crippen LogP contribution in [0.25, 0.3) is 11.3 Å². The number of nitrogens with zero attached hydrogens (tertiary/aromatic N) is 1. The van der Waals surface area contributed by atoms with E-state index in [1.54, 1.807) is 30.6 Å². The highest BCUT2D eigenvalue weighted by molar-refractivity contribution is 5.59.